The van der Waals surface area contributed by atoms with Crippen LogP contribution < -0.4 is 10.9 Å². The number of hydrogen-bond acceptors (Lipinski definition) is 4. The predicted octanol–water partition coefficient (Wildman–Crippen LogP) is 4.28. The predicted molar refractivity (Wildman–Crippen MR) is 117 cm³/mol. The van der Waals surface area contributed by atoms with Crippen LogP contribution in [0, 0.1) is 0 Å². The number of fused-ring (bicyclic) bond motifs is 4. The van der Waals surface area contributed by atoms with Gasteiger partial charge in [-0.3, -0.25) is 9.36 Å². The van der Waals surface area contributed by atoms with E-state index in [1.165, 1.54) is 6.33 Å². The summed E-state index contributed by atoms with van der Waals surface area (Å²) in [4.78, 5) is 18.4. The summed E-state index contributed by atoms with van der Waals surface area (Å²) in [6.07, 6.45) is 1.52. The molecule has 1 N–H and O–H groups in total. The fourth-order valence-corrected chi connectivity index (χ4v) is 4.29. The molecule has 1 aliphatic rings. The lowest BCUT2D eigenvalue weighted by atomic mass is 9.94. The third kappa shape index (κ3) is 2.34. The van der Waals surface area contributed by atoms with Crippen LogP contribution in [0.4, 0.5) is 11.6 Å². The lowest BCUT2D eigenvalue weighted by molar-refractivity contribution is 0.587. The summed E-state index contributed by atoms with van der Waals surface area (Å²) in [5.74, 6) is 0.623. The lowest BCUT2D eigenvalue weighted by Crippen LogP contribution is -2.33. The Hall–Kier alpha value is -4.19. The number of nitrogens with one attached hydrogen (secondary N) is 1. The van der Waals surface area contributed by atoms with Crippen molar-refractivity contribution < 1.29 is 0 Å². The molecule has 1 aliphatic heterocycles. The van der Waals surface area contributed by atoms with Gasteiger partial charge in [-0.25, -0.2) is 4.68 Å². The van der Waals surface area contributed by atoms with Crippen LogP contribution in [0.15, 0.2) is 96.1 Å². The van der Waals surface area contributed by atoms with E-state index in [4.69, 9.17) is 0 Å². The Morgan fingerprint density at radius 1 is 0.833 bits per heavy atom. The van der Waals surface area contributed by atoms with Crippen molar-refractivity contribution in [1.29, 1.82) is 0 Å². The number of aromatic nitrogens is 4. The Kier molecular flexibility index (Phi) is 3.58. The number of anilines is 2. The molecule has 1 atom stereocenters. The molecule has 6 heteroatoms. The standard InChI is InChI=1S/C24H17N5O/c30-23-20-21(18-13-7-8-14-19(18)28(23)17-11-5-2-6-12-17)27-24-25-15-26-29(24)22(20)16-9-3-1-4-10-16/h1-15,22H,(H,25,26,27). The zero-order chi connectivity index (χ0) is 20.1. The summed E-state index contributed by atoms with van der Waals surface area (Å²) in [6, 6.07) is 27.3. The first-order valence-electron chi connectivity index (χ1n) is 9.77. The second-order valence-corrected chi connectivity index (χ2v) is 7.25. The number of benzene rings is 3. The highest BCUT2D eigenvalue weighted by Crippen LogP contribution is 2.40. The summed E-state index contributed by atoms with van der Waals surface area (Å²) >= 11 is 0. The molecule has 6 nitrogen and oxygen atoms in total. The van der Waals surface area contributed by atoms with E-state index in [9.17, 15) is 4.79 Å². The maximum absolute atomic E-state index is 14.0. The van der Waals surface area contributed by atoms with Crippen LogP contribution in [0.2, 0.25) is 0 Å². The van der Waals surface area contributed by atoms with Crippen LogP contribution in [0.3, 0.4) is 0 Å². The molecule has 3 heterocycles. The van der Waals surface area contributed by atoms with Crippen LogP contribution in [0.25, 0.3) is 16.6 Å². The van der Waals surface area contributed by atoms with Gasteiger partial charge in [0.1, 0.15) is 12.4 Å². The van der Waals surface area contributed by atoms with E-state index in [0.29, 0.717) is 11.5 Å². The fraction of sp³-hybridized carbons (Fsp3) is 0.0417. The van der Waals surface area contributed by atoms with Gasteiger partial charge in [0, 0.05) is 11.1 Å². The molecule has 0 bridgehead atoms. The summed E-state index contributed by atoms with van der Waals surface area (Å²) in [5, 5.41) is 8.75. The van der Waals surface area contributed by atoms with E-state index in [1.54, 1.807) is 9.25 Å². The first kappa shape index (κ1) is 16.7. The Balaban J connectivity index is 1.76. The summed E-state index contributed by atoms with van der Waals surface area (Å²) < 4.78 is 3.57. The lowest BCUT2D eigenvalue weighted by Gasteiger charge is -2.29. The molecule has 1 unspecified atom stereocenters. The summed E-state index contributed by atoms with van der Waals surface area (Å²) in [7, 11) is 0. The van der Waals surface area contributed by atoms with Gasteiger partial charge < -0.3 is 5.32 Å². The molecule has 3 aromatic carbocycles. The molecule has 30 heavy (non-hydrogen) atoms. The first-order valence-corrected chi connectivity index (χ1v) is 9.77. The highest BCUT2D eigenvalue weighted by molar-refractivity contribution is 5.96. The number of hydrogen-bond donors (Lipinski definition) is 1. The van der Waals surface area contributed by atoms with Gasteiger partial charge >= 0.3 is 0 Å². The van der Waals surface area contributed by atoms with Gasteiger partial charge in [-0.15, -0.1) is 0 Å². The maximum atomic E-state index is 14.0. The first-order chi connectivity index (χ1) is 14.8. The van der Waals surface area contributed by atoms with E-state index in [-0.39, 0.29) is 11.6 Å². The SMILES string of the molecule is O=c1c2c(c3ccccc3n1-c1ccccc1)Nc1ncnn1C2c1ccccc1. The minimum Gasteiger partial charge on any atom is -0.323 e. The molecular weight excluding hydrogens is 374 g/mol. The minimum absolute atomic E-state index is 0.0718. The number of nitrogens with zero attached hydrogens (tertiary/aromatic N) is 4. The fourth-order valence-electron chi connectivity index (χ4n) is 4.29. The number of pyridine rings is 1. The van der Waals surface area contributed by atoms with E-state index in [1.807, 2.05) is 84.9 Å². The maximum Gasteiger partial charge on any atom is 0.263 e. The summed E-state index contributed by atoms with van der Waals surface area (Å²) in [5.41, 5.74) is 4.03. The molecule has 0 fully saturated rings. The molecule has 0 radical (unpaired) electrons. The van der Waals surface area contributed by atoms with Crippen molar-refractivity contribution in [3.05, 3.63) is 113 Å². The molecule has 144 valence electrons. The van der Waals surface area contributed by atoms with E-state index >= 15 is 0 Å². The number of rotatable bonds is 2. The zero-order valence-corrected chi connectivity index (χ0v) is 15.9. The van der Waals surface area contributed by atoms with Crippen molar-refractivity contribution in [2.45, 2.75) is 6.04 Å². The van der Waals surface area contributed by atoms with Crippen LogP contribution >= 0.6 is 0 Å². The molecule has 0 amide bonds. The van der Waals surface area contributed by atoms with Crippen molar-refractivity contribution in [3.63, 3.8) is 0 Å². The van der Waals surface area contributed by atoms with Gasteiger partial charge in [-0.1, -0.05) is 66.7 Å². The van der Waals surface area contributed by atoms with E-state index in [0.717, 1.165) is 27.8 Å². The Morgan fingerprint density at radius 2 is 1.53 bits per heavy atom. The Labute approximate surface area is 172 Å². The highest BCUT2D eigenvalue weighted by atomic mass is 16.1. The van der Waals surface area contributed by atoms with Gasteiger partial charge in [-0.05, 0) is 23.8 Å². The van der Waals surface area contributed by atoms with Crippen molar-refractivity contribution >= 4 is 22.5 Å². The second-order valence-electron chi connectivity index (χ2n) is 7.25. The van der Waals surface area contributed by atoms with E-state index in [2.05, 4.69) is 15.4 Å². The molecule has 0 saturated heterocycles. The largest absolute Gasteiger partial charge is 0.323 e. The average Bonchev–Trinajstić information content (AvgIpc) is 3.28. The van der Waals surface area contributed by atoms with Crippen molar-refractivity contribution in [2.75, 3.05) is 5.32 Å². The number of para-hydroxylation sites is 2. The zero-order valence-electron chi connectivity index (χ0n) is 15.9. The molecule has 6 rings (SSSR count). The van der Waals surface area contributed by atoms with Crippen LogP contribution in [0.1, 0.15) is 17.2 Å². The normalized spacial score (nSPS) is 14.7. The van der Waals surface area contributed by atoms with Crippen LogP contribution in [-0.2, 0) is 0 Å². The smallest absolute Gasteiger partial charge is 0.263 e. The molecule has 0 aliphatic carbocycles. The second kappa shape index (κ2) is 6.42. The van der Waals surface area contributed by atoms with Gasteiger partial charge in [0.2, 0.25) is 5.95 Å². The third-order valence-electron chi connectivity index (χ3n) is 5.57. The summed E-state index contributed by atoms with van der Waals surface area (Å²) in [6.45, 7) is 0. The van der Waals surface area contributed by atoms with E-state index < -0.39 is 0 Å². The molecule has 2 aromatic heterocycles. The average molecular weight is 391 g/mol. The minimum atomic E-state index is -0.369. The molecule has 0 saturated carbocycles. The molecule has 5 aromatic rings. The van der Waals surface area contributed by atoms with Gasteiger partial charge in [0.15, 0.2) is 0 Å². The quantitative estimate of drug-likeness (QED) is 0.479. The topological polar surface area (TPSA) is 64.7 Å². The third-order valence-corrected chi connectivity index (χ3v) is 5.57. The van der Waals surface area contributed by atoms with Crippen LogP contribution in [0.5, 0.6) is 0 Å². The monoisotopic (exact) mass is 391 g/mol. The van der Waals surface area contributed by atoms with Crippen molar-refractivity contribution in [3.8, 4) is 5.69 Å². The highest BCUT2D eigenvalue weighted by Gasteiger charge is 2.33. The van der Waals surface area contributed by atoms with Gasteiger partial charge in [-0.2, -0.15) is 10.1 Å². The van der Waals surface area contributed by atoms with Crippen LogP contribution in [-0.4, -0.2) is 19.3 Å². The van der Waals surface area contributed by atoms with Crippen molar-refractivity contribution in [1.82, 2.24) is 19.3 Å². The van der Waals surface area contributed by atoms with Gasteiger partial charge in [0.05, 0.1) is 16.8 Å². The molecule has 0 spiro atoms. The molecular formula is C24H17N5O. The van der Waals surface area contributed by atoms with Gasteiger partial charge in [0.25, 0.3) is 5.56 Å². The Bertz CT molecular complexity index is 1440. The Morgan fingerprint density at radius 3 is 2.33 bits per heavy atom. The van der Waals surface area contributed by atoms with Crippen molar-refractivity contribution in [2.24, 2.45) is 0 Å².